The van der Waals surface area contributed by atoms with Crippen LogP contribution < -0.4 is 0 Å². The zero-order valence-electron chi connectivity index (χ0n) is 9.12. The molecule has 0 atom stereocenters. The first-order chi connectivity index (χ1) is 4.83. The van der Waals surface area contributed by atoms with E-state index < -0.39 is 8.07 Å². The van der Waals surface area contributed by atoms with Gasteiger partial charge in [0, 0.05) is 8.07 Å². The van der Waals surface area contributed by atoms with Crippen molar-refractivity contribution in [3.63, 3.8) is 0 Å². The van der Waals surface area contributed by atoms with E-state index in [1.54, 1.807) is 0 Å². The summed E-state index contributed by atoms with van der Waals surface area (Å²) in [6.07, 6.45) is 2.68. The Bertz CT molecular complexity index is 107. The predicted octanol–water partition coefficient (Wildman–Crippen LogP) is 4.15. The Morgan fingerprint density at radius 3 is 1.45 bits per heavy atom. The number of hydrogen-bond acceptors (Lipinski definition) is 0. The molecule has 0 unspecified atom stereocenters. The van der Waals surface area contributed by atoms with Crippen molar-refractivity contribution in [3.8, 4) is 0 Å². The molecule has 0 heterocycles. The van der Waals surface area contributed by atoms with Gasteiger partial charge in [0.15, 0.2) is 0 Å². The van der Waals surface area contributed by atoms with Crippen molar-refractivity contribution in [2.45, 2.75) is 59.3 Å². The summed E-state index contributed by atoms with van der Waals surface area (Å²) in [7, 11) is -0.835. The zero-order chi connectivity index (χ0) is 9.12. The van der Waals surface area contributed by atoms with Crippen LogP contribution in [-0.4, -0.2) is 8.07 Å². The third-order valence-corrected chi connectivity index (χ3v) is 4.58. The maximum atomic E-state index is 2.47. The standard InChI is InChI=1S/C10H24Si/c1-7-10(3,8-2)9-11(4,5)6/h7-9H2,1-6H3. The molecule has 0 amide bonds. The molecule has 0 bridgehead atoms. The lowest BCUT2D eigenvalue weighted by atomic mass is 9.87. The Labute approximate surface area is 73.4 Å². The quantitative estimate of drug-likeness (QED) is 0.559. The van der Waals surface area contributed by atoms with Gasteiger partial charge in [-0.25, -0.2) is 0 Å². The highest BCUT2D eigenvalue weighted by molar-refractivity contribution is 6.76. The average molecular weight is 172 g/mol. The molecule has 0 aliphatic carbocycles. The molecule has 0 aliphatic rings. The van der Waals surface area contributed by atoms with E-state index in [0.29, 0.717) is 5.41 Å². The lowest BCUT2D eigenvalue weighted by Gasteiger charge is -2.33. The van der Waals surface area contributed by atoms with Gasteiger partial charge >= 0.3 is 0 Å². The Kier molecular flexibility index (Phi) is 3.82. The smallest absolute Gasteiger partial charge is 0.0448 e. The molecule has 0 aromatic carbocycles. The summed E-state index contributed by atoms with van der Waals surface area (Å²) in [5, 5.41) is 0. The van der Waals surface area contributed by atoms with Gasteiger partial charge in [-0.1, -0.05) is 59.3 Å². The van der Waals surface area contributed by atoms with E-state index in [2.05, 4.69) is 40.4 Å². The topological polar surface area (TPSA) is 0 Å². The second-order valence-corrected chi connectivity index (χ2v) is 10.7. The fourth-order valence-corrected chi connectivity index (χ4v) is 4.84. The molecule has 0 rings (SSSR count). The molecule has 0 spiro atoms. The van der Waals surface area contributed by atoms with Crippen LogP contribution in [0.2, 0.25) is 25.7 Å². The SMILES string of the molecule is CCC(C)(CC)C[Si](C)(C)C. The molecule has 11 heavy (non-hydrogen) atoms. The van der Waals surface area contributed by atoms with Gasteiger partial charge in [0.2, 0.25) is 0 Å². The van der Waals surface area contributed by atoms with Gasteiger partial charge in [0.25, 0.3) is 0 Å². The molecular weight excluding hydrogens is 148 g/mol. The summed E-state index contributed by atoms with van der Waals surface area (Å²) < 4.78 is 0. The van der Waals surface area contributed by atoms with Gasteiger partial charge in [-0.3, -0.25) is 0 Å². The Morgan fingerprint density at radius 1 is 1.00 bits per heavy atom. The Morgan fingerprint density at radius 2 is 1.36 bits per heavy atom. The van der Waals surface area contributed by atoms with Crippen LogP contribution in [-0.2, 0) is 0 Å². The third kappa shape index (κ3) is 4.62. The first kappa shape index (κ1) is 11.2. The van der Waals surface area contributed by atoms with Crippen molar-refractivity contribution in [1.29, 1.82) is 0 Å². The van der Waals surface area contributed by atoms with Gasteiger partial charge in [-0.05, 0) is 5.41 Å². The summed E-state index contributed by atoms with van der Waals surface area (Å²) in [4.78, 5) is 0. The Balaban J connectivity index is 4.08. The van der Waals surface area contributed by atoms with Crippen LogP contribution in [0.4, 0.5) is 0 Å². The van der Waals surface area contributed by atoms with E-state index >= 15 is 0 Å². The Hall–Kier alpha value is 0.217. The van der Waals surface area contributed by atoms with Crippen LogP contribution in [0.25, 0.3) is 0 Å². The largest absolute Gasteiger partial charge is 0.0695 e. The summed E-state index contributed by atoms with van der Waals surface area (Å²) in [6.45, 7) is 14.5. The van der Waals surface area contributed by atoms with Crippen LogP contribution in [0.5, 0.6) is 0 Å². The second kappa shape index (κ2) is 3.75. The predicted molar refractivity (Wildman–Crippen MR) is 56.8 cm³/mol. The van der Waals surface area contributed by atoms with Gasteiger partial charge in [0.1, 0.15) is 0 Å². The molecule has 68 valence electrons. The van der Waals surface area contributed by atoms with E-state index in [9.17, 15) is 0 Å². The minimum atomic E-state index is -0.835. The summed E-state index contributed by atoms with van der Waals surface area (Å²) in [5.74, 6) is 0. The van der Waals surface area contributed by atoms with E-state index in [0.717, 1.165) is 0 Å². The second-order valence-electron chi connectivity index (χ2n) is 5.26. The zero-order valence-corrected chi connectivity index (χ0v) is 10.1. The van der Waals surface area contributed by atoms with Crippen LogP contribution in [0.1, 0.15) is 33.6 Å². The fraction of sp³-hybridized carbons (Fsp3) is 1.00. The first-order valence-corrected chi connectivity index (χ1v) is 8.54. The molecule has 0 aromatic rings. The normalized spacial score (nSPS) is 13.6. The van der Waals surface area contributed by atoms with Crippen molar-refractivity contribution < 1.29 is 0 Å². The van der Waals surface area contributed by atoms with Crippen LogP contribution >= 0.6 is 0 Å². The van der Waals surface area contributed by atoms with Crippen molar-refractivity contribution in [2.75, 3.05) is 0 Å². The third-order valence-electron chi connectivity index (χ3n) is 2.66. The van der Waals surface area contributed by atoms with Crippen molar-refractivity contribution in [1.82, 2.24) is 0 Å². The van der Waals surface area contributed by atoms with E-state index in [-0.39, 0.29) is 0 Å². The lowest BCUT2D eigenvalue weighted by molar-refractivity contribution is 0.333. The molecule has 0 fully saturated rings. The molecule has 0 N–H and O–H groups in total. The van der Waals surface area contributed by atoms with E-state index in [1.807, 2.05) is 0 Å². The molecule has 0 radical (unpaired) electrons. The lowest BCUT2D eigenvalue weighted by Crippen LogP contribution is -2.29. The minimum absolute atomic E-state index is 0.629. The average Bonchev–Trinajstić information content (AvgIpc) is 1.84. The molecule has 1 heteroatoms. The highest BCUT2D eigenvalue weighted by Crippen LogP contribution is 2.35. The monoisotopic (exact) mass is 172 g/mol. The molecule has 0 saturated carbocycles. The van der Waals surface area contributed by atoms with Crippen molar-refractivity contribution in [2.24, 2.45) is 5.41 Å². The molecule has 0 aromatic heterocycles. The van der Waals surface area contributed by atoms with Crippen LogP contribution in [0.15, 0.2) is 0 Å². The minimum Gasteiger partial charge on any atom is -0.0695 e. The van der Waals surface area contributed by atoms with E-state index in [1.165, 1.54) is 18.9 Å². The van der Waals surface area contributed by atoms with E-state index in [4.69, 9.17) is 0 Å². The number of rotatable bonds is 4. The van der Waals surface area contributed by atoms with Crippen LogP contribution in [0, 0.1) is 5.41 Å². The number of hydrogen-bond donors (Lipinski definition) is 0. The van der Waals surface area contributed by atoms with Gasteiger partial charge in [-0.15, -0.1) is 0 Å². The van der Waals surface area contributed by atoms with Crippen LogP contribution in [0.3, 0.4) is 0 Å². The first-order valence-electron chi connectivity index (χ1n) is 4.83. The summed E-state index contributed by atoms with van der Waals surface area (Å²) in [6, 6.07) is 1.48. The maximum Gasteiger partial charge on any atom is 0.0448 e. The molecule has 0 nitrogen and oxygen atoms in total. The highest BCUT2D eigenvalue weighted by atomic mass is 28.3. The van der Waals surface area contributed by atoms with Gasteiger partial charge in [0.05, 0.1) is 0 Å². The molecule has 0 aliphatic heterocycles. The highest BCUT2D eigenvalue weighted by Gasteiger charge is 2.27. The molecular formula is C10H24Si. The fourth-order valence-electron chi connectivity index (χ4n) is 1.78. The maximum absolute atomic E-state index is 2.47. The summed E-state index contributed by atoms with van der Waals surface area (Å²) in [5.41, 5.74) is 0.629. The van der Waals surface area contributed by atoms with Gasteiger partial charge in [-0.2, -0.15) is 0 Å². The molecule has 0 saturated heterocycles. The van der Waals surface area contributed by atoms with Crippen molar-refractivity contribution in [3.05, 3.63) is 0 Å². The van der Waals surface area contributed by atoms with Crippen molar-refractivity contribution >= 4 is 8.07 Å². The summed E-state index contributed by atoms with van der Waals surface area (Å²) >= 11 is 0. The van der Waals surface area contributed by atoms with Gasteiger partial charge < -0.3 is 0 Å².